The van der Waals surface area contributed by atoms with Crippen molar-refractivity contribution in [2.45, 2.75) is 19.3 Å². The molecule has 2 nitrogen and oxygen atoms in total. The van der Waals surface area contributed by atoms with Gasteiger partial charge in [0.15, 0.2) is 0 Å². The van der Waals surface area contributed by atoms with Gasteiger partial charge in [-0.1, -0.05) is 104 Å². The van der Waals surface area contributed by atoms with Crippen molar-refractivity contribution >= 4 is 50.6 Å². The van der Waals surface area contributed by atoms with Gasteiger partial charge < -0.3 is 9.32 Å². The Morgan fingerprint density at radius 1 is 0.548 bits per heavy atom. The Morgan fingerprint density at radius 2 is 1.21 bits per heavy atom. The minimum Gasteiger partial charge on any atom is -0.455 e. The summed E-state index contributed by atoms with van der Waals surface area (Å²) in [7, 11) is 0. The minimum absolute atomic E-state index is 0.0707. The first kappa shape index (κ1) is 25.0. The van der Waals surface area contributed by atoms with Crippen LogP contribution in [0.2, 0.25) is 5.02 Å². The second-order valence-corrected chi connectivity index (χ2v) is 12.0. The molecule has 3 heteroatoms. The third-order valence-corrected chi connectivity index (χ3v) is 8.94. The molecule has 0 bridgehead atoms. The molecular weight excluding hydrogens is 534 g/mol. The fraction of sp³-hybridized carbons (Fsp3) is 0.0769. The molecule has 0 atom stereocenters. The standard InChI is InChI=1S/C39H28ClNO/c1-39(2)35-14-8-6-12-30(35)31-21-20-29(24-36(31)39)41(27-10-4-3-5-11-27)28-18-16-25(17-19-28)33-22-26(40)23-34-32-13-7-9-15-37(32)42-38(33)34/h3-24H,1-2H3. The van der Waals surface area contributed by atoms with E-state index in [9.17, 15) is 0 Å². The van der Waals surface area contributed by atoms with Crippen molar-refractivity contribution in [2.24, 2.45) is 0 Å². The van der Waals surface area contributed by atoms with Crippen LogP contribution in [0.15, 0.2) is 138 Å². The van der Waals surface area contributed by atoms with Gasteiger partial charge in [-0.05, 0) is 82.4 Å². The number of hydrogen-bond acceptors (Lipinski definition) is 2. The number of hydrogen-bond donors (Lipinski definition) is 0. The van der Waals surface area contributed by atoms with Crippen LogP contribution in [0.4, 0.5) is 17.1 Å². The number of fused-ring (bicyclic) bond motifs is 6. The van der Waals surface area contributed by atoms with Crippen LogP contribution in [0.1, 0.15) is 25.0 Å². The van der Waals surface area contributed by atoms with E-state index in [1.807, 2.05) is 30.3 Å². The summed E-state index contributed by atoms with van der Waals surface area (Å²) in [5, 5.41) is 2.80. The average Bonchev–Trinajstić information content (AvgIpc) is 3.50. The lowest BCUT2D eigenvalue weighted by atomic mass is 9.82. The molecule has 0 saturated heterocycles. The molecule has 7 aromatic rings. The van der Waals surface area contributed by atoms with Gasteiger partial charge in [0, 0.05) is 43.8 Å². The van der Waals surface area contributed by atoms with E-state index in [0.717, 1.165) is 50.1 Å². The molecule has 0 aliphatic heterocycles. The van der Waals surface area contributed by atoms with E-state index < -0.39 is 0 Å². The Hall–Kier alpha value is -4.79. The number of para-hydroxylation sites is 2. The molecule has 0 N–H and O–H groups in total. The largest absolute Gasteiger partial charge is 0.455 e. The highest BCUT2D eigenvalue weighted by Crippen LogP contribution is 2.50. The molecule has 6 aromatic carbocycles. The van der Waals surface area contributed by atoms with E-state index in [2.05, 4.69) is 122 Å². The zero-order valence-electron chi connectivity index (χ0n) is 23.4. The van der Waals surface area contributed by atoms with E-state index in [1.54, 1.807) is 0 Å². The van der Waals surface area contributed by atoms with Crippen LogP contribution in [-0.4, -0.2) is 0 Å². The van der Waals surface area contributed by atoms with Gasteiger partial charge in [-0.15, -0.1) is 0 Å². The number of halogens is 1. The number of rotatable bonds is 4. The summed E-state index contributed by atoms with van der Waals surface area (Å²) in [6.45, 7) is 4.65. The second kappa shape index (κ2) is 9.37. The lowest BCUT2D eigenvalue weighted by Gasteiger charge is -2.28. The Morgan fingerprint density at radius 3 is 2.05 bits per heavy atom. The first-order chi connectivity index (χ1) is 20.5. The number of benzene rings is 6. The summed E-state index contributed by atoms with van der Waals surface area (Å²) in [5.41, 5.74) is 12.4. The van der Waals surface area contributed by atoms with Crippen LogP contribution < -0.4 is 4.90 Å². The van der Waals surface area contributed by atoms with Crippen LogP contribution in [0.25, 0.3) is 44.2 Å². The number of furan rings is 1. The van der Waals surface area contributed by atoms with Crippen molar-refractivity contribution in [1.29, 1.82) is 0 Å². The summed E-state index contributed by atoms with van der Waals surface area (Å²) in [6.07, 6.45) is 0. The fourth-order valence-corrected chi connectivity index (χ4v) is 6.87. The van der Waals surface area contributed by atoms with Crippen molar-refractivity contribution in [3.8, 4) is 22.3 Å². The van der Waals surface area contributed by atoms with Crippen molar-refractivity contribution in [3.05, 3.63) is 150 Å². The molecule has 0 unspecified atom stereocenters. The van der Waals surface area contributed by atoms with E-state index >= 15 is 0 Å². The van der Waals surface area contributed by atoms with Crippen LogP contribution in [0.3, 0.4) is 0 Å². The maximum atomic E-state index is 6.63. The van der Waals surface area contributed by atoms with Gasteiger partial charge in [-0.25, -0.2) is 0 Å². The molecule has 0 saturated carbocycles. The quantitative estimate of drug-likeness (QED) is 0.212. The van der Waals surface area contributed by atoms with Crippen molar-refractivity contribution in [1.82, 2.24) is 0 Å². The molecule has 1 aromatic heterocycles. The molecule has 0 radical (unpaired) electrons. The first-order valence-electron chi connectivity index (χ1n) is 14.3. The molecule has 202 valence electrons. The molecule has 1 heterocycles. The minimum atomic E-state index is -0.0707. The van der Waals surface area contributed by atoms with Crippen molar-refractivity contribution in [2.75, 3.05) is 4.90 Å². The molecule has 0 fully saturated rings. The monoisotopic (exact) mass is 561 g/mol. The number of anilines is 3. The summed E-state index contributed by atoms with van der Waals surface area (Å²) in [5.74, 6) is 0. The molecule has 1 aliphatic carbocycles. The van der Waals surface area contributed by atoms with E-state index in [1.165, 1.54) is 22.3 Å². The fourth-order valence-electron chi connectivity index (χ4n) is 6.65. The van der Waals surface area contributed by atoms with Gasteiger partial charge in [0.2, 0.25) is 0 Å². The van der Waals surface area contributed by atoms with Crippen LogP contribution in [-0.2, 0) is 5.41 Å². The zero-order chi connectivity index (χ0) is 28.4. The van der Waals surface area contributed by atoms with E-state index in [0.29, 0.717) is 5.02 Å². The third-order valence-electron chi connectivity index (χ3n) is 8.72. The van der Waals surface area contributed by atoms with Crippen LogP contribution >= 0.6 is 11.6 Å². The highest BCUT2D eigenvalue weighted by Gasteiger charge is 2.35. The molecule has 42 heavy (non-hydrogen) atoms. The Balaban J connectivity index is 1.25. The first-order valence-corrected chi connectivity index (χ1v) is 14.7. The number of nitrogens with zero attached hydrogens (tertiary/aromatic N) is 1. The Kier molecular flexibility index (Phi) is 5.57. The van der Waals surface area contributed by atoms with Gasteiger partial charge in [-0.3, -0.25) is 0 Å². The smallest absolute Gasteiger partial charge is 0.143 e. The predicted molar refractivity (Wildman–Crippen MR) is 176 cm³/mol. The maximum absolute atomic E-state index is 6.63. The molecule has 8 rings (SSSR count). The van der Waals surface area contributed by atoms with E-state index in [-0.39, 0.29) is 5.41 Å². The highest BCUT2D eigenvalue weighted by molar-refractivity contribution is 6.32. The zero-order valence-corrected chi connectivity index (χ0v) is 24.2. The third kappa shape index (κ3) is 3.79. The molecule has 0 spiro atoms. The van der Waals surface area contributed by atoms with Gasteiger partial charge in [0.1, 0.15) is 11.2 Å². The van der Waals surface area contributed by atoms with Crippen LogP contribution in [0, 0.1) is 0 Å². The van der Waals surface area contributed by atoms with Gasteiger partial charge >= 0.3 is 0 Å². The van der Waals surface area contributed by atoms with Crippen LogP contribution in [0.5, 0.6) is 0 Å². The predicted octanol–water partition coefficient (Wildman–Crippen LogP) is 11.7. The highest BCUT2D eigenvalue weighted by atomic mass is 35.5. The summed E-state index contributed by atoms with van der Waals surface area (Å²) in [6, 6.07) is 47.0. The van der Waals surface area contributed by atoms with E-state index in [4.69, 9.17) is 16.0 Å². The maximum Gasteiger partial charge on any atom is 0.143 e. The summed E-state index contributed by atoms with van der Waals surface area (Å²) >= 11 is 6.63. The molecule has 0 amide bonds. The lowest BCUT2D eigenvalue weighted by Crippen LogP contribution is -2.16. The van der Waals surface area contributed by atoms with Crippen molar-refractivity contribution < 1.29 is 4.42 Å². The lowest BCUT2D eigenvalue weighted by molar-refractivity contribution is 0.660. The van der Waals surface area contributed by atoms with Gasteiger partial charge in [0.25, 0.3) is 0 Å². The normalized spacial score (nSPS) is 13.3. The summed E-state index contributed by atoms with van der Waals surface area (Å²) < 4.78 is 6.33. The average molecular weight is 562 g/mol. The topological polar surface area (TPSA) is 16.4 Å². The van der Waals surface area contributed by atoms with Gasteiger partial charge in [-0.2, -0.15) is 0 Å². The second-order valence-electron chi connectivity index (χ2n) is 11.5. The molecule has 1 aliphatic rings. The summed E-state index contributed by atoms with van der Waals surface area (Å²) in [4.78, 5) is 2.33. The Labute approximate surface area is 250 Å². The SMILES string of the molecule is CC1(C)c2ccccc2-c2ccc(N(c3ccccc3)c3ccc(-c4cc(Cl)cc5c4oc4ccccc45)cc3)cc21. The molecular formula is C39H28ClNO. The van der Waals surface area contributed by atoms with Gasteiger partial charge in [0.05, 0.1) is 0 Å². The Bertz CT molecular complexity index is 2120. The van der Waals surface area contributed by atoms with Crippen molar-refractivity contribution in [3.63, 3.8) is 0 Å².